The minimum absolute atomic E-state index is 0.00655. The van der Waals surface area contributed by atoms with Gasteiger partial charge >= 0.3 is 0 Å². The van der Waals surface area contributed by atoms with Crippen molar-refractivity contribution in [3.8, 4) is 0 Å². The first-order chi connectivity index (χ1) is 7.61. The topological polar surface area (TPSA) is 60.2 Å². The fourth-order valence-corrected chi connectivity index (χ4v) is 2.44. The number of ketones is 1. The highest BCUT2D eigenvalue weighted by Crippen LogP contribution is 2.31. The molecule has 0 aliphatic carbocycles. The van der Waals surface area contributed by atoms with Gasteiger partial charge < -0.3 is 0 Å². The van der Waals surface area contributed by atoms with Gasteiger partial charge in [-0.2, -0.15) is 0 Å². The molecule has 0 saturated heterocycles. The predicted octanol–water partition coefficient (Wildman–Crippen LogP) is 3.28. The van der Waals surface area contributed by atoms with E-state index in [1.165, 1.54) is 17.8 Å². The average Bonchev–Trinajstić information content (AvgIpc) is 2.28. The minimum atomic E-state index is -0.462. The van der Waals surface area contributed by atoms with Gasteiger partial charge in [0.2, 0.25) is 0 Å². The van der Waals surface area contributed by atoms with Gasteiger partial charge in [0.05, 0.1) is 9.82 Å². The van der Waals surface area contributed by atoms with E-state index in [-0.39, 0.29) is 11.5 Å². The number of Topliss-reactive ketones (excluding diaryl/α,β-unsaturated/α-hetero) is 1. The van der Waals surface area contributed by atoms with Crippen molar-refractivity contribution in [2.75, 3.05) is 11.6 Å². The lowest BCUT2D eigenvalue weighted by Gasteiger charge is -2.05. The standard InChI is InChI=1S/C10H10BrNO3S/c1-16-10-7(9(13)5-6-11)3-2-4-8(10)12(14)15/h2-4H,5-6H2,1H3. The third kappa shape index (κ3) is 2.82. The van der Waals surface area contributed by atoms with Crippen molar-refractivity contribution in [2.45, 2.75) is 11.3 Å². The summed E-state index contributed by atoms with van der Waals surface area (Å²) in [5.74, 6) is -0.0788. The largest absolute Gasteiger partial charge is 0.294 e. The van der Waals surface area contributed by atoms with Crippen molar-refractivity contribution in [3.63, 3.8) is 0 Å². The van der Waals surface area contributed by atoms with E-state index in [0.29, 0.717) is 22.2 Å². The number of halogens is 1. The maximum Gasteiger partial charge on any atom is 0.283 e. The summed E-state index contributed by atoms with van der Waals surface area (Å²) >= 11 is 4.41. The maximum atomic E-state index is 11.7. The molecule has 1 aromatic carbocycles. The van der Waals surface area contributed by atoms with Gasteiger partial charge in [0.15, 0.2) is 5.78 Å². The van der Waals surface area contributed by atoms with Gasteiger partial charge in [0, 0.05) is 23.4 Å². The molecule has 0 aliphatic heterocycles. The Kier molecular flexibility index (Phi) is 4.95. The van der Waals surface area contributed by atoms with E-state index in [1.54, 1.807) is 18.4 Å². The second kappa shape index (κ2) is 6.00. The van der Waals surface area contributed by atoms with E-state index < -0.39 is 4.92 Å². The molecule has 86 valence electrons. The van der Waals surface area contributed by atoms with Crippen LogP contribution in [0.2, 0.25) is 0 Å². The third-order valence-electron chi connectivity index (χ3n) is 2.02. The van der Waals surface area contributed by atoms with E-state index in [4.69, 9.17) is 0 Å². The van der Waals surface area contributed by atoms with Gasteiger partial charge in [0.1, 0.15) is 0 Å². The van der Waals surface area contributed by atoms with E-state index >= 15 is 0 Å². The van der Waals surface area contributed by atoms with Crippen molar-refractivity contribution in [3.05, 3.63) is 33.9 Å². The Hall–Kier alpha value is -0.880. The van der Waals surface area contributed by atoms with Crippen LogP contribution in [-0.2, 0) is 0 Å². The van der Waals surface area contributed by atoms with Gasteiger partial charge in [-0.3, -0.25) is 14.9 Å². The highest BCUT2D eigenvalue weighted by atomic mass is 79.9. The molecule has 0 fully saturated rings. The number of carbonyl (C=O) groups is 1. The molecule has 16 heavy (non-hydrogen) atoms. The van der Waals surface area contributed by atoms with Gasteiger partial charge in [-0.25, -0.2) is 0 Å². The zero-order chi connectivity index (χ0) is 12.1. The molecule has 0 heterocycles. The van der Waals surface area contributed by atoms with Crippen LogP contribution in [0.4, 0.5) is 5.69 Å². The molecule has 0 bridgehead atoms. The van der Waals surface area contributed by atoms with Crippen LogP contribution in [0.25, 0.3) is 0 Å². The molecular formula is C10H10BrNO3S. The van der Waals surface area contributed by atoms with Crippen LogP contribution in [-0.4, -0.2) is 22.3 Å². The average molecular weight is 304 g/mol. The zero-order valence-electron chi connectivity index (χ0n) is 8.60. The van der Waals surface area contributed by atoms with Crippen LogP contribution in [0.15, 0.2) is 23.1 Å². The number of thioether (sulfide) groups is 1. The van der Waals surface area contributed by atoms with Crippen molar-refractivity contribution in [2.24, 2.45) is 0 Å². The van der Waals surface area contributed by atoms with Crippen molar-refractivity contribution in [1.82, 2.24) is 0 Å². The molecule has 0 spiro atoms. The molecular weight excluding hydrogens is 294 g/mol. The van der Waals surface area contributed by atoms with Crippen molar-refractivity contribution in [1.29, 1.82) is 0 Å². The second-order valence-corrected chi connectivity index (χ2v) is 4.59. The summed E-state index contributed by atoms with van der Waals surface area (Å²) in [6.07, 6.45) is 2.07. The highest BCUT2D eigenvalue weighted by Gasteiger charge is 2.20. The fourth-order valence-electron chi connectivity index (χ4n) is 1.32. The first-order valence-electron chi connectivity index (χ1n) is 4.52. The summed E-state index contributed by atoms with van der Waals surface area (Å²) < 4.78 is 0. The lowest BCUT2D eigenvalue weighted by atomic mass is 10.1. The summed E-state index contributed by atoms with van der Waals surface area (Å²) in [7, 11) is 0. The molecule has 0 radical (unpaired) electrons. The Labute approximate surface area is 106 Å². The smallest absolute Gasteiger partial charge is 0.283 e. The number of alkyl halides is 1. The summed E-state index contributed by atoms with van der Waals surface area (Å²) in [6.45, 7) is 0. The zero-order valence-corrected chi connectivity index (χ0v) is 11.0. The summed E-state index contributed by atoms with van der Waals surface area (Å²) in [5, 5.41) is 11.3. The van der Waals surface area contributed by atoms with Gasteiger partial charge in [-0.05, 0) is 12.3 Å². The SMILES string of the molecule is CSc1c(C(=O)CCBr)cccc1[N+](=O)[O-]. The molecule has 0 atom stereocenters. The Balaban J connectivity index is 3.24. The molecule has 6 heteroatoms. The van der Waals surface area contributed by atoms with Crippen LogP contribution in [0.3, 0.4) is 0 Å². The number of nitrogens with zero attached hydrogens (tertiary/aromatic N) is 1. The Morgan fingerprint density at radius 3 is 2.75 bits per heavy atom. The van der Waals surface area contributed by atoms with Crippen LogP contribution >= 0.6 is 27.7 Å². The van der Waals surface area contributed by atoms with E-state index in [1.807, 2.05) is 0 Å². The van der Waals surface area contributed by atoms with Crippen LogP contribution in [0.5, 0.6) is 0 Å². The van der Waals surface area contributed by atoms with Gasteiger partial charge in [0.25, 0.3) is 5.69 Å². The quantitative estimate of drug-likeness (QED) is 0.275. The number of nitro groups is 1. The van der Waals surface area contributed by atoms with Crippen LogP contribution in [0.1, 0.15) is 16.8 Å². The minimum Gasteiger partial charge on any atom is -0.294 e. The van der Waals surface area contributed by atoms with E-state index in [0.717, 1.165) is 0 Å². The Morgan fingerprint density at radius 2 is 2.25 bits per heavy atom. The van der Waals surface area contributed by atoms with Crippen LogP contribution in [0, 0.1) is 10.1 Å². The van der Waals surface area contributed by atoms with Crippen molar-refractivity contribution >= 4 is 39.2 Å². The van der Waals surface area contributed by atoms with Gasteiger partial charge in [-0.1, -0.05) is 22.0 Å². The third-order valence-corrected chi connectivity index (χ3v) is 3.25. The molecule has 0 aliphatic rings. The fraction of sp³-hybridized carbons (Fsp3) is 0.300. The molecule has 0 aromatic heterocycles. The Morgan fingerprint density at radius 1 is 1.56 bits per heavy atom. The monoisotopic (exact) mass is 303 g/mol. The molecule has 4 nitrogen and oxygen atoms in total. The Bertz CT molecular complexity index is 423. The van der Waals surface area contributed by atoms with Crippen LogP contribution < -0.4 is 0 Å². The first-order valence-corrected chi connectivity index (χ1v) is 6.87. The highest BCUT2D eigenvalue weighted by molar-refractivity contribution is 9.09. The number of carbonyl (C=O) groups excluding carboxylic acids is 1. The first kappa shape index (κ1) is 13.2. The molecule has 0 amide bonds. The summed E-state index contributed by atoms with van der Waals surface area (Å²) in [6, 6.07) is 4.58. The molecule has 0 unspecified atom stereocenters. The molecule has 0 N–H and O–H groups in total. The second-order valence-electron chi connectivity index (χ2n) is 2.98. The maximum absolute atomic E-state index is 11.7. The number of hydrogen-bond acceptors (Lipinski definition) is 4. The summed E-state index contributed by atoms with van der Waals surface area (Å²) in [5.41, 5.74) is 0.425. The number of benzene rings is 1. The number of nitro benzene ring substituents is 1. The normalized spacial score (nSPS) is 10.1. The number of hydrogen-bond donors (Lipinski definition) is 0. The molecule has 1 rings (SSSR count). The van der Waals surface area contributed by atoms with Crippen molar-refractivity contribution < 1.29 is 9.72 Å². The molecule has 0 saturated carbocycles. The van der Waals surface area contributed by atoms with Gasteiger partial charge in [-0.15, -0.1) is 11.8 Å². The summed E-state index contributed by atoms with van der Waals surface area (Å²) in [4.78, 5) is 22.5. The lowest BCUT2D eigenvalue weighted by Crippen LogP contribution is -2.03. The predicted molar refractivity (Wildman–Crippen MR) is 67.6 cm³/mol. The lowest BCUT2D eigenvalue weighted by molar-refractivity contribution is -0.387. The number of rotatable bonds is 5. The van der Waals surface area contributed by atoms with E-state index in [9.17, 15) is 14.9 Å². The molecule has 1 aromatic rings. The van der Waals surface area contributed by atoms with E-state index in [2.05, 4.69) is 15.9 Å².